The van der Waals surface area contributed by atoms with Gasteiger partial charge in [0.05, 0.1) is 0 Å². The normalized spacial score (nSPS) is 21.2. The van der Waals surface area contributed by atoms with Gasteiger partial charge in [-0.1, -0.05) is 6.92 Å². The standard InChI is InChI=1S/C10H14N2O/c1-7-4-3-5-12-9(13)6-8(2)11-10(7)12/h6-7H,3-5H2,1-2H3. The lowest BCUT2D eigenvalue weighted by Crippen LogP contribution is -2.29. The molecule has 2 rings (SSSR count). The summed E-state index contributed by atoms with van der Waals surface area (Å²) in [4.78, 5) is 16.0. The molecule has 1 aromatic rings. The molecule has 0 bridgehead atoms. The van der Waals surface area contributed by atoms with Crippen molar-refractivity contribution in [3.63, 3.8) is 0 Å². The monoisotopic (exact) mass is 178 g/mol. The molecule has 1 aliphatic heterocycles. The summed E-state index contributed by atoms with van der Waals surface area (Å²) >= 11 is 0. The molecule has 0 radical (unpaired) electrons. The Kier molecular flexibility index (Phi) is 1.94. The molecule has 0 fully saturated rings. The van der Waals surface area contributed by atoms with Crippen molar-refractivity contribution >= 4 is 0 Å². The third kappa shape index (κ3) is 1.39. The zero-order valence-corrected chi connectivity index (χ0v) is 8.08. The van der Waals surface area contributed by atoms with Gasteiger partial charge in [-0.05, 0) is 19.8 Å². The Morgan fingerprint density at radius 2 is 2.38 bits per heavy atom. The highest BCUT2D eigenvalue weighted by Gasteiger charge is 2.18. The molecule has 0 saturated heterocycles. The molecule has 1 aromatic heterocycles. The molecule has 0 spiro atoms. The Balaban J connectivity index is 2.63. The molecule has 1 aliphatic rings. The van der Waals surface area contributed by atoms with E-state index in [9.17, 15) is 4.79 Å². The van der Waals surface area contributed by atoms with Crippen molar-refractivity contribution in [2.24, 2.45) is 0 Å². The highest BCUT2D eigenvalue weighted by atomic mass is 16.1. The molecule has 0 amide bonds. The van der Waals surface area contributed by atoms with Crippen LogP contribution in [-0.2, 0) is 6.54 Å². The first-order chi connectivity index (χ1) is 6.18. The number of fused-ring (bicyclic) bond motifs is 1. The van der Waals surface area contributed by atoms with Gasteiger partial charge in [0.1, 0.15) is 5.82 Å². The maximum absolute atomic E-state index is 11.6. The minimum Gasteiger partial charge on any atom is -0.296 e. The van der Waals surface area contributed by atoms with Crippen LogP contribution in [0.4, 0.5) is 0 Å². The summed E-state index contributed by atoms with van der Waals surface area (Å²) in [6.45, 7) is 4.85. The smallest absolute Gasteiger partial charge is 0.253 e. The van der Waals surface area contributed by atoms with Gasteiger partial charge in [0.2, 0.25) is 0 Å². The summed E-state index contributed by atoms with van der Waals surface area (Å²) in [5.41, 5.74) is 0.944. The van der Waals surface area contributed by atoms with Crippen LogP contribution in [0.2, 0.25) is 0 Å². The number of hydrogen-bond donors (Lipinski definition) is 0. The second-order valence-electron chi connectivity index (χ2n) is 3.79. The molecule has 13 heavy (non-hydrogen) atoms. The molecule has 0 aromatic carbocycles. The van der Waals surface area contributed by atoms with Crippen molar-refractivity contribution < 1.29 is 0 Å². The summed E-state index contributed by atoms with van der Waals surface area (Å²) < 4.78 is 1.81. The average molecular weight is 178 g/mol. The van der Waals surface area contributed by atoms with Crippen LogP contribution in [0, 0.1) is 6.92 Å². The summed E-state index contributed by atoms with van der Waals surface area (Å²) in [6.07, 6.45) is 2.24. The maximum Gasteiger partial charge on any atom is 0.253 e. The van der Waals surface area contributed by atoms with Gasteiger partial charge in [0, 0.05) is 24.2 Å². The third-order valence-electron chi connectivity index (χ3n) is 2.63. The van der Waals surface area contributed by atoms with Crippen LogP contribution in [0.5, 0.6) is 0 Å². The SMILES string of the molecule is Cc1cc(=O)n2c(n1)C(C)CCC2. The predicted octanol–water partition coefficient (Wildman–Crippen LogP) is 1.45. The van der Waals surface area contributed by atoms with Gasteiger partial charge >= 0.3 is 0 Å². The number of nitrogens with zero attached hydrogens (tertiary/aromatic N) is 2. The number of aromatic nitrogens is 2. The van der Waals surface area contributed by atoms with Crippen molar-refractivity contribution in [3.8, 4) is 0 Å². The molecule has 2 heterocycles. The van der Waals surface area contributed by atoms with Crippen LogP contribution in [-0.4, -0.2) is 9.55 Å². The molecule has 70 valence electrons. The van der Waals surface area contributed by atoms with E-state index in [4.69, 9.17) is 0 Å². The van der Waals surface area contributed by atoms with Crippen molar-refractivity contribution in [1.29, 1.82) is 0 Å². The third-order valence-corrected chi connectivity index (χ3v) is 2.63. The van der Waals surface area contributed by atoms with E-state index >= 15 is 0 Å². The van der Waals surface area contributed by atoms with E-state index in [1.165, 1.54) is 0 Å². The van der Waals surface area contributed by atoms with E-state index in [-0.39, 0.29) is 5.56 Å². The van der Waals surface area contributed by atoms with Crippen LogP contribution in [0.3, 0.4) is 0 Å². The lowest BCUT2D eigenvalue weighted by Gasteiger charge is -2.22. The van der Waals surface area contributed by atoms with Crippen LogP contribution >= 0.6 is 0 Å². The van der Waals surface area contributed by atoms with E-state index in [1.54, 1.807) is 10.6 Å². The summed E-state index contributed by atoms with van der Waals surface area (Å²) in [5, 5.41) is 0. The van der Waals surface area contributed by atoms with Crippen LogP contribution in [0.1, 0.15) is 37.2 Å². The van der Waals surface area contributed by atoms with Gasteiger partial charge in [-0.2, -0.15) is 0 Å². The van der Waals surface area contributed by atoms with Gasteiger partial charge < -0.3 is 0 Å². The Labute approximate surface area is 77.4 Å². The topological polar surface area (TPSA) is 34.9 Å². The molecule has 3 heteroatoms. The molecule has 3 nitrogen and oxygen atoms in total. The van der Waals surface area contributed by atoms with Gasteiger partial charge in [-0.25, -0.2) is 4.98 Å². The predicted molar refractivity (Wildman–Crippen MR) is 50.9 cm³/mol. The van der Waals surface area contributed by atoms with Gasteiger partial charge in [-0.15, -0.1) is 0 Å². The molecule has 1 atom stereocenters. The fraction of sp³-hybridized carbons (Fsp3) is 0.600. The van der Waals surface area contributed by atoms with E-state index in [0.717, 1.165) is 30.9 Å². The van der Waals surface area contributed by atoms with E-state index in [2.05, 4.69) is 11.9 Å². The van der Waals surface area contributed by atoms with Crippen molar-refractivity contribution in [2.75, 3.05) is 0 Å². The minimum atomic E-state index is 0.106. The minimum absolute atomic E-state index is 0.106. The summed E-state index contributed by atoms with van der Waals surface area (Å²) in [7, 11) is 0. The lowest BCUT2D eigenvalue weighted by molar-refractivity contribution is 0.440. The second kappa shape index (κ2) is 2.98. The summed E-state index contributed by atoms with van der Waals surface area (Å²) in [5.74, 6) is 1.40. The Morgan fingerprint density at radius 3 is 3.15 bits per heavy atom. The fourth-order valence-electron chi connectivity index (χ4n) is 1.93. The molecular weight excluding hydrogens is 164 g/mol. The summed E-state index contributed by atoms with van der Waals surface area (Å²) in [6, 6.07) is 1.61. The van der Waals surface area contributed by atoms with E-state index in [1.807, 2.05) is 6.92 Å². The lowest BCUT2D eigenvalue weighted by atomic mass is 10.0. The Bertz CT molecular complexity index is 381. The molecule has 0 N–H and O–H groups in total. The molecular formula is C10H14N2O. The van der Waals surface area contributed by atoms with Crippen molar-refractivity contribution in [3.05, 3.63) is 27.9 Å². The van der Waals surface area contributed by atoms with Crippen LogP contribution in [0.25, 0.3) is 0 Å². The quantitative estimate of drug-likeness (QED) is 0.602. The van der Waals surface area contributed by atoms with Gasteiger partial charge in [0.25, 0.3) is 5.56 Å². The number of hydrogen-bond acceptors (Lipinski definition) is 2. The van der Waals surface area contributed by atoms with E-state index in [0.29, 0.717) is 5.92 Å². The second-order valence-corrected chi connectivity index (χ2v) is 3.79. The zero-order chi connectivity index (χ0) is 9.42. The van der Waals surface area contributed by atoms with Gasteiger partial charge in [0.15, 0.2) is 0 Å². The highest BCUT2D eigenvalue weighted by molar-refractivity contribution is 5.07. The molecule has 1 unspecified atom stereocenters. The fourth-order valence-corrected chi connectivity index (χ4v) is 1.93. The first kappa shape index (κ1) is 8.48. The molecule has 0 saturated carbocycles. The first-order valence-electron chi connectivity index (χ1n) is 4.77. The Hall–Kier alpha value is -1.12. The number of aryl methyl sites for hydroxylation is 1. The van der Waals surface area contributed by atoms with Gasteiger partial charge in [-0.3, -0.25) is 9.36 Å². The van der Waals surface area contributed by atoms with Crippen LogP contribution in [0.15, 0.2) is 10.9 Å². The van der Waals surface area contributed by atoms with Crippen molar-refractivity contribution in [2.45, 2.75) is 39.2 Å². The number of rotatable bonds is 0. The van der Waals surface area contributed by atoms with E-state index < -0.39 is 0 Å². The highest BCUT2D eigenvalue weighted by Crippen LogP contribution is 2.22. The largest absolute Gasteiger partial charge is 0.296 e. The Morgan fingerprint density at radius 1 is 1.62 bits per heavy atom. The maximum atomic E-state index is 11.6. The average Bonchev–Trinajstić information content (AvgIpc) is 2.07. The first-order valence-corrected chi connectivity index (χ1v) is 4.77. The van der Waals surface area contributed by atoms with Crippen molar-refractivity contribution in [1.82, 2.24) is 9.55 Å². The molecule has 0 aliphatic carbocycles. The zero-order valence-electron chi connectivity index (χ0n) is 8.08. The van der Waals surface area contributed by atoms with Crippen LogP contribution < -0.4 is 5.56 Å².